The Kier molecular flexibility index (Phi) is 13.4. The molecule has 0 heterocycles. The maximum atomic E-state index is 11.4. The fraction of sp³-hybridized carbons (Fsp3) is 0.938. The highest BCUT2D eigenvalue weighted by Crippen LogP contribution is 2.10. The average molecular weight is 270 g/mol. The van der Waals surface area contributed by atoms with E-state index in [0.29, 0.717) is 6.54 Å². The number of nitrogens with one attached hydrogen (secondary N) is 1. The van der Waals surface area contributed by atoms with E-state index in [9.17, 15) is 4.79 Å². The minimum Gasteiger partial charge on any atom is -0.355 e. The van der Waals surface area contributed by atoms with Crippen LogP contribution in [0.3, 0.4) is 0 Å². The third kappa shape index (κ3) is 15.4. The van der Waals surface area contributed by atoms with E-state index in [1.54, 1.807) is 0 Å². The highest BCUT2D eigenvalue weighted by Gasteiger charge is 2.00. The van der Waals surface area contributed by atoms with Crippen LogP contribution in [0.25, 0.3) is 0 Å². The maximum absolute atomic E-state index is 11.4. The van der Waals surface area contributed by atoms with Crippen LogP contribution in [-0.4, -0.2) is 38.0 Å². The molecule has 0 saturated heterocycles. The van der Waals surface area contributed by atoms with Crippen molar-refractivity contribution in [3.63, 3.8) is 0 Å². The van der Waals surface area contributed by atoms with Crippen LogP contribution in [0.1, 0.15) is 71.1 Å². The van der Waals surface area contributed by atoms with Gasteiger partial charge in [0.15, 0.2) is 0 Å². The van der Waals surface area contributed by atoms with Crippen molar-refractivity contribution in [2.45, 2.75) is 71.1 Å². The van der Waals surface area contributed by atoms with Gasteiger partial charge in [-0.3, -0.25) is 4.79 Å². The number of amides is 1. The van der Waals surface area contributed by atoms with Gasteiger partial charge in [-0.25, -0.2) is 0 Å². The van der Waals surface area contributed by atoms with Gasteiger partial charge in [-0.05, 0) is 20.5 Å². The molecule has 3 nitrogen and oxygen atoms in total. The van der Waals surface area contributed by atoms with Gasteiger partial charge >= 0.3 is 0 Å². The summed E-state index contributed by atoms with van der Waals surface area (Å²) in [5.74, 6) is 0.140. The third-order valence-corrected chi connectivity index (χ3v) is 3.31. The molecule has 1 N–H and O–H groups in total. The van der Waals surface area contributed by atoms with Crippen LogP contribution in [0, 0.1) is 0 Å². The van der Waals surface area contributed by atoms with Crippen molar-refractivity contribution in [2.24, 2.45) is 0 Å². The van der Waals surface area contributed by atoms with E-state index >= 15 is 0 Å². The van der Waals surface area contributed by atoms with E-state index < -0.39 is 0 Å². The number of rotatable bonds is 13. The Morgan fingerprint density at radius 2 is 1.32 bits per heavy atom. The Morgan fingerprint density at radius 3 is 1.79 bits per heavy atom. The maximum Gasteiger partial charge on any atom is 0.234 e. The van der Waals surface area contributed by atoms with Crippen molar-refractivity contribution in [3.05, 3.63) is 0 Å². The van der Waals surface area contributed by atoms with Crippen LogP contribution < -0.4 is 5.32 Å². The van der Waals surface area contributed by atoms with E-state index in [1.807, 2.05) is 19.0 Å². The molecule has 0 aromatic rings. The Bertz CT molecular complexity index is 205. The molecule has 114 valence electrons. The second kappa shape index (κ2) is 13.9. The molecule has 19 heavy (non-hydrogen) atoms. The quantitative estimate of drug-likeness (QED) is 0.519. The largest absolute Gasteiger partial charge is 0.355 e. The summed E-state index contributed by atoms with van der Waals surface area (Å²) in [4.78, 5) is 13.3. The van der Waals surface area contributed by atoms with Crippen molar-refractivity contribution in [1.82, 2.24) is 10.2 Å². The van der Waals surface area contributed by atoms with Gasteiger partial charge in [-0.15, -0.1) is 0 Å². The van der Waals surface area contributed by atoms with E-state index in [-0.39, 0.29) is 5.91 Å². The molecule has 0 rings (SSSR count). The first kappa shape index (κ1) is 18.4. The highest BCUT2D eigenvalue weighted by molar-refractivity contribution is 5.77. The number of hydrogen-bond acceptors (Lipinski definition) is 2. The smallest absolute Gasteiger partial charge is 0.234 e. The molecule has 0 atom stereocenters. The van der Waals surface area contributed by atoms with Gasteiger partial charge in [-0.1, -0.05) is 64.7 Å². The molecule has 0 saturated carbocycles. The molecular weight excluding hydrogens is 236 g/mol. The van der Waals surface area contributed by atoms with Crippen molar-refractivity contribution in [3.8, 4) is 0 Å². The topological polar surface area (TPSA) is 32.3 Å². The van der Waals surface area contributed by atoms with E-state index in [0.717, 1.165) is 13.0 Å². The average Bonchev–Trinajstić information content (AvgIpc) is 2.35. The van der Waals surface area contributed by atoms with Gasteiger partial charge in [0.05, 0.1) is 6.54 Å². The molecule has 0 aliphatic carbocycles. The van der Waals surface area contributed by atoms with Crippen LogP contribution in [-0.2, 0) is 4.79 Å². The second-order valence-corrected chi connectivity index (χ2v) is 5.77. The molecule has 0 aliphatic rings. The van der Waals surface area contributed by atoms with Crippen LogP contribution in [0.15, 0.2) is 0 Å². The van der Waals surface area contributed by atoms with Gasteiger partial charge in [0, 0.05) is 6.54 Å². The minimum atomic E-state index is 0.140. The van der Waals surface area contributed by atoms with Gasteiger partial charge < -0.3 is 10.2 Å². The van der Waals surface area contributed by atoms with E-state index in [1.165, 1.54) is 57.8 Å². The Hall–Kier alpha value is -0.570. The van der Waals surface area contributed by atoms with Gasteiger partial charge in [-0.2, -0.15) is 0 Å². The first-order chi connectivity index (χ1) is 9.16. The highest BCUT2D eigenvalue weighted by atomic mass is 16.1. The third-order valence-electron chi connectivity index (χ3n) is 3.31. The molecule has 0 spiro atoms. The molecule has 0 unspecified atom stereocenters. The van der Waals surface area contributed by atoms with Gasteiger partial charge in [0.1, 0.15) is 0 Å². The second-order valence-electron chi connectivity index (χ2n) is 5.77. The molecule has 0 aliphatic heterocycles. The summed E-state index contributed by atoms with van der Waals surface area (Å²) in [5, 5.41) is 2.96. The lowest BCUT2D eigenvalue weighted by molar-refractivity contribution is -0.121. The van der Waals surface area contributed by atoms with Crippen LogP contribution in [0.4, 0.5) is 0 Å². The molecule has 0 aromatic carbocycles. The Balaban J connectivity index is 3.08. The molecule has 0 fully saturated rings. The zero-order valence-electron chi connectivity index (χ0n) is 13.3. The zero-order valence-corrected chi connectivity index (χ0v) is 13.3. The number of hydrogen-bond donors (Lipinski definition) is 1. The fourth-order valence-corrected chi connectivity index (χ4v) is 2.18. The van der Waals surface area contributed by atoms with Crippen molar-refractivity contribution < 1.29 is 4.79 Å². The van der Waals surface area contributed by atoms with Crippen molar-refractivity contribution in [2.75, 3.05) is 27.2 Å². The predicted octanol–water partition coefficient (Wildman–Crippen LogP) is 3.59. The fourth-order valence-electron chi connectivity index (χ4n) is 2.18. The van der Waals surface area contributed by atoms with Crippen LogP contribution in [0.5, 0.6) is 0 Å². The van der Waals surface area contributed by atoms with E-state index in [2.05, 4.69) is 12.2 Å². The zero-order chi connectivity index (χ0) is 14.3. The summed E-state index contributed by atoms with van der Waals surface area (Å²) in [7, 11) is 3.83. The Labute approximate surface area is 120 Å². The summed E-state index contributed by atoms with van der Waals surface area (Å²) in [6.07, 6.45) is 13.4. The summed E-state index contributed by atoms with van der Waals surface area (Å²) in [6.45, 7) is 3.60. The molecular formula is C16H34N2O. The predicted molar refractivity (Wildman–Crippen MR) is 83.4 cm³/mol. The monoisotopic (exact) mass is 270 g/mol. The molecule has 0 bridgehead atoms. The lowest BCUT2D eigenvalue weighted by atomic mass is 10.1. The van der Waals surface area contributed by atoms with Crippen molar-refractivity contribution in [1.29, 1.82) is 0 Å². The molecule has 3 heteroatoms. The summed E-state index contributed by atoms with van der Waals surface area (Å²) in [5.41, 5.74) is 0. The number of nitrogens with zero attached hydrogens (tertiary/aromatic N) is 1. The number of unbranched alkanes of at least 4 members (excludes halogenated alkanes) is 9. The van der Waals surface area contributed by atoms with Gasteiger partial charge in [0.25, 0.3) is 0 Å². The standard InChI is InChI=1S/C16H34N2O/c1-4-5-6-7-8-9-10-11-12-13-14-17-16(19)15-18(2)3/h4-15H2,1-3H3,(H,17,19). The summed E-state index contributed by atoms with van der Waals surface area (Å²) < 4.78 is 0. The van der Waals surface area contributed by atoms with Crippen LogP contribution >= 0.6 is 0 Å². The molecule has 1 amide bonds. The summed E-state index contributed by atoms with van der Waals surface area (Å²) in [6, 6.07) is 0. The SMILES string of the molecule is CCCCCCCCCCCCNC(=O)CN(C)C. The lowest BCUT2D eigenvalue weighted by Gasteiger charge is -2.09. The first-order valence-electron chi connectivity index (χ1n) is 8.08. The minimum absolute atomic E-state index is 0.140. The first-order valence-corrected chi connectivity index (χ1v) is 8.08. The molecule has 0 radical (unpaired) electrons. The summed E-state index contributed by atoms with van der Waals surface area (Å²) >= 11 is 0. The number of carbonyl (C=O) groups excluding carboxylic acids is 1. The van der Waals surface area contributed by atoms with Crippen LogP contribution in [0.2, 0.25) is 0 Å². The van der Waals surface area contributed by atoms with Crippen molar-refractivity contribution >= 4 is 5.91 Å². The Morgan fingerprint density at radius 1 is 0.842 bits per heavy atom. The van der Waals surface area contributed by atoms with Gasteiger partial charge in [0.2, 0.25) is 5.91 Å². The molecule has 0 aromatic heterocycles. The number of likely N-dealkylation sites (N-methyl/N-ethyl adjacent to an activating group) is 1. The van der Waals surface area contributed by atoms with E-state index in [4.69, 9.17) is 0 Å². The normalized spacial score (nSPS) is 10.9. The lowest BCUT2D eigenvalue weighted by Crippen LogP contribution is -2.33. The number of carbonyl (C=O) groups is 1.